The number of benzene rings is 3. The van der Waals surface area contributed by atoms with Crippen LogP contribution in [0.15, 0.2) is 78.9 Å². The van der Waals surface area contributed by atoms with Gasteiger partial charge in [-0.2, -0.15) is 0 Å². The summed E-state index contributed by atoms with van der Waals surface area (Å²) in [6.07, 6.45) is 4.23. The van der Waals surface area contributed by atoms with E-state index < -0.39 is 41.2 Å². The van der Waals surface area contributed by atoms with Gasteiger partial charge in [0.15, 0.2) is 17.0 Å². The molecule has 0 spiro atoms. The third-order valence-electron chi connectivity index (χ3n) is 7.47. The zero-order chi connectivity index (χ0) is 27.0. The summed E-state index contributed by atoms with van der Waals surface area (Å²) in [5, 5.41) is 23.6. The zero-order valence-electron chi connectivity index (χ0n) is 21.0. The van der Waals surface area contributed by atoms with E-state index in [1.807, 2.05) is 19.1 Å². The number of amides is 2. The molecule has 2 aliphatic heterocycles. The number of hydrogen-bond donors (Lipinski definition) is 3. The molecule has 4 atom stereocenters. The maximum atomic E-state index is 13.9. The number of rotatable bonds is 7. The number of nitrogens with one attached hydrogen (secondary N) is 1. The van der Waals surface area contributed by atoms with Crippen molar-refractivity contribution in [1.82, 2.24) is 5.32 Å². The predicted octanol–water partition coefficient (Wildman–Crippen LogP) is 3.73. The molecule has 0 radical (unpaired) electrons. The molecule has 3 aromatic rings. The Morgan fingerprint density at radius 2 is 1.76 bits per heavy atom. The van der Waals surface area contributed by atoms with Gasteiger partial charge in [-0.3, -0.25) is 14.9 Å². The van der Waals surface area contributed by atoms with Crippen molar-refractivity contribution in [1.29, 1.82) is 0 Å². The number of hydrogen-bond acceptors (Lipinski definition) is 6. The summed E-state index contributed by atoms with van der Waals surface area (Å²) >= 11 is 0. The van der Waals surface area contributed by atoms with Crippen molar-refractivity contribution in [2.45, 2.75) is 24.9 Å². The van der Waals surface area contributed by atoms with Crippen LogP contribution in [-0.4, -0.2) is 41.1 Å². The Morgan fingerprint density at radius 3 is 2.39 bits per heavy atom. The highest BCUT2D eigenvalue weighted by atomic mass is 16.5. The molecule has 2 heterocycles. The molecule has 8 heteroatoms. The van der Waals surface area contributed by atoms with Gasteiger partial charge in [0.2, 0.25) is 11.8 Å². The second-order valence-corrected chi connectivity index (χ2v) is 9.48. The molecule has 4 unspecified atom stereocenters. The first-order valence-corrected chi connectivity index (χ1v) is 12.4. The molecule has 2 amide bonds. The minimum Gasteiger partial charge on any atom is -0.504 e. The number of aromatic hydroxyl groups is 1. The van der Waals surface area contributed by atoms with Crippen molar-refractivity contribution >= 4 is 29.5 Å². The molecule has 2 fully saturated rings. The van der Waals surface area contributed by atoms with Crippen LogP contribution in [0, 0.1) is 11.8 Å². The molecule has 2 saturated heterocycles. The van der Waals surface area contributed by atoms with Crippen LogP contribution in [0.4, 0.5) is 5.69 Å². The summed E-state index contributed by atoms with van der Waals surface area (Å²) in [5.74, 6) is -4.07. The second kappa shape index (κ2) is 9.79. The van der Waals surface area contributed by atoms with E-state index in [4.69, 9.17) is 4.74 Å². The van der Waals surface area contributed by atoms with Crippen LogP contribution in [0.2, 0.25) is 0 Å². The van der Waals surface area contributed by atoms with Gasteiger partial charge in [0.05, 0.1) is 24.6 Å². The lowest BCUT2D eigenvalue weighted by molar-refractivity contribution is -0.149. The first kappa shape index (κ1) is 25.2. The van der Waals surface area contributed by atoms with Crippen LogP contribution in [0.1, 0.15) is 23.6 Å². The van der Waals surface area contributed by atoms with Gasteiger partial charge in [-0.25, -0.2) is 9.69 Å². The zero-order valence-corrected chi connectivity index (χ0v) is 21.0. The summed E-state index contributed by atoms with van der Waals surface area (Å²) in [5.41, 5.74) is 0.746. The van der Waals surface area contributed by atoms with Crippen LogP contribution in [-0.2, 0) is 26.3 Å². The SMILES string of the molecule is CCc1ccc(N2C(=O)C3C(/C=C/c4ccc(O)c(OC)c4)NC(C(=O)O)(c4ccccc4)C3C2=O)cc1. The fourth-order valence-corrected chi connectivity index (χ4v) is 5.55. The molecular weight excluding hydrogens is 484 g/mol. The number of carboxylic acid groups (broad SMARTS) is 1. The molecule has 3 aromatic carbocycles. The Bertz CT molecular complexity index is 1420. The van der Waals surface area contributed by atoms with E-state index in [1.165, 1.54) is 13.2 Å². The van der Waals surface area contributed by atoms with Crippen molar-refractivity contribution in [2.24, 2.45) is 11.8 Å². The van der Waals surface area contributed by atoms with E-state index in [0.717, 1.165) is 16.9 Å². The van der Waals surface area contributed by atoms with E-state index in [9.17, 15) is 24.6 Å². The van der Waals surface area contributed by atoms with Crippen LogP contribution in [0.5, 0.6) is 11.5 Å². The average Bonchev–Trinajstić information content (AvgIpc) is 3.42. The molecule has 3 N–H and O–H groups in total. The monoisotopic (exact) mass is 512 g/mol. The average molecular weight is 513 g/mol. The Hall–Kier alpha value is -4.43. The second-order valence-electron chi connectivity index (χ2n) is 9.48. The van der Waals surface area contributed by atoms with Gasteiger partial charge in [-0.1, -0.05) is 67.6 Å². The van der Waals surface area contributed by atoms with Crippen LogP contribution >= 0.6 is 0 Å². The lowest BCUT2D eigenvalue weighted by Crippen LogP contribution is -2.54. The fourth-order valence-electron chi connectivity index (χ4n) is 5.55. The Labute approximate surface area is 220 Å². The maximum absolute atomic E-state index is 13.9. The number of carbonyl (C=O) groups excluding carboxylic acids is 2. The minimum atomic E-state index is -1.81. The Morgan fingerprint density at radius 1 is 1.05 bits per heavy atom. The smallest absolute Gasteiger partial charge is 0.329 e. The number of aliphatic carboxylic acids is 1. The largest absolute Gasteiger partial charge is 0.504 e. The van der Waals surface area contributed by atoms with Gasteiger partial charge in [-0.05, 0) is 47.4 Å². The van der Waals surface area contributed by atoms with Gasteiger partial charge in [0.1, 0.15) is 0 Å². The maximum Gasteiger partial charge on any atom is 0.329 e. The number of imide groups is 1. The van der Waals surface area contributed by atoms with Crippen molar-refractivity contribution in [3.05, 3.63) is 95.6 Å². The van der Waals surface area contributed by atoms with Gasteiger partial charge in [0, 0.05) is 6.04 Å². The van der Waals surface area contributed by atoms with Crippen LogP contribution < -0.4 is 15.0 Å². The normalized spacial score (nSPS) is 24.7. The van der Waals surface area contributed by atoms with Crippen LogP contribution in [0.25, 0.3) is 6.08 Å². The molecule has 0 aromatic heterocycles. The number of carboxylic acids is 1. The Kier molecular flexibility index (Phi) is 6.50. The van der Waals surface area contributed by atoms with Gasteiger partial charge < -0.3 is 14.9 Å². The number of anilines is 1. The number of phenols is 1. The van der Waals surface area contributed by atoms with Gasteiger partial charge >= 0.3 is 5.97 Å². The van der Waals surface area contributed by atoms with Gasteiger partial charge in [-0.15, -0.1) is 0 Å². The standard InChI is InChI=1S/C30H28N2O6/c1-3-18-9-13-21(14-10-18)32-27(34)25-22(15-11-19-12-16-23(33)24(17-19)38-2)31-30(29(36)37,26(25)28(32)35)20-7-5-4-6-8-20/h4-17,22,25-26,31,33H,3H2,1-2H3,(H,36,37)/b15-11+. The lowest BCUT2D eigenvalue weighted by Gasteiger charge is -2.31. The van der Waals surface area contributed by atoms with E-state index in [1.54, 1.807) is 66.7 Å². The molecule has 0 bridgehead atoms. The summed E-state index contributed by atoms with van der Waals surface area (Å²) < 4.78 is 5.18. The molecular formula is C30H28N2O6. The molecule has 38 heavy (non-hydrogen) atoms. The fraction of sp³-hybridized carbons (Fsp3) is 0.233. The molecule has 2 aliphatic rings. The summed E-state index contributed by atoms with van der Waals surface area (Å²) in [6, 6.07) is 19.7. The lowest BCUT2D eigenvalue weighted by atomic mass is 9.76. The number of carbonyl (C=O) groups is 3. The number of fused-ring (bicyclic) bond motifs is 1. The third kappa shape index (κ3) is 3.94. The van der Waals surface area contributed by atoms with Crippen molar-refractivity contribution in [3.63, 3.8) is 0 Å². The summed E-state index contributed by atoms with van der Waals surface area (Å²) in [4.78, 5) is 41.9. The topological polar surface area (TPSA) is 116 Å². The molecule has 0 saturated carbocycles. The number of phenolic OH excluding ortho intramolecular Hbond substituents is 1. The first-order valence-electron chi connectivity index (χ1n) is 12.4. The highest BCUT2D eigenvalue weighted by Gasteiger charge is 2.68. The third-order valence-corrected chi connectivity index (χ3v) is 7.47. The summed E-state index contributed by atoms with van der Waals surface area (Å²) in [6.45, 7) is 2.01. The van der Waals surface area contributed by atoms with Crippen molar-refractivity contribution < 1.29 is 29.3 Å². The molecule has 194 valence electrons. The molecule has 0 aliphatic carbocycles. The first-order chi connectivity index (χ1) is 18.3. The minimum absolute atomic E-state index is 0.0148. The summed E-state index contributed by atoms with van der Waals surface area (Å²) in [7, 11) is 1.44. The van der Waals surface area contributed by atoms with E-state index in [2.05, 4.69) is 5.32 Å². The highest BCUT2D eigenvalue weighted by Crippen LogP contribution is 2.49. The number of aryl methyl sites for hydroxylation is 1. The van der Waals surface area contributed by atoms with Gasteiger partial charge in [0.25, 0.3) is 0 Å². The van der Waals surface area contributed by atoms with Crippen molar-refractivity contribution in [3.8, 4) is 11.5 Å². The highest BCUT2D eigenvalue weighted by molar-refractivity contribution is 6.24. The Balaban J connectivity index is 1.61. The van der Waals surface area contributed by atoms with E-state index >= 15 is 0 Å². The van der Waals surface area contributed by atoms with Crippen LogP contribution in [0.3, 0.4) is 0 Å². The number of ether oxygens (including phenoxy) is 1. The predicted molar refractivity (Wildman–Crippen MR) is 142 cm³/mol. The number of methoxy groups -OCH3 is 1. The molecule has 8 nitrogen and oxygen atoms in total. The van der Waals surface area contributed by atoms with Crippen molar-refractivity contribution in [2.75, 3.05) is 12.0 Å². The van der Waals surface area contributed by atoms with E-state index in [0.29, 0.717) is 16.8 Å². The number of nitrogens with zero attached hydrogens (tertiary/aromatic N) is 1. The quantitative estimate of drug-likeness (QED) is 0.413. The van der Waals surface area contributed by atoms with E-state index in [-0.39, 0.29) is 11.5 Å². The molecule has 5 rings (SSSR count).